The van der Waals surface area contributed by atoms with Crippen molar-refractivity contribution in [2.75, 3.05) is 24.6 Å². The van der Waals surface area contributed by atoms with Gasteiger partial charge >= 0.3 is 0 Å². The molecule has 1 unspecified atom stereocenters. The van der Waals surface area contributed by atoms with Gasteiger partial charge in [0.2, 0.25) is 0 Å². The van der Waals surface area contributed by atoms with Crippen LogP contribution in [0.5, 0.6) is 0 Å². The van der Waals surface area contributed by atoms with Crippen molar-refractivity contribution in [3.63, 3.8) is 0 Å². The molecular weight excluding hydrogens is 204 g/mol. The maximum absolute atomic E-state index is 9.37. The maximum atomic E-state index is 9.37. The Balaban J connectivity index is 2.05. The average Bonchev–Trinajstić information content (AvgIpc) is 2.77. The Labute approximate surface area is 95.5 Å². The van der Waals surface area contributed by atoms with Crippen LogP contribution in [0.4, 0.5) is 5.82 Å². The van der Waals surface area contributed by atoms with Crippen LogP contribution in [0.3, 0.4) is 0 Å². The SMILES string of the molecule is C[C@@H](O)c1ccc(N2CCC(CO)C2)nc1. The number of hydrogen-bond donors (Lipinski definition) is 2. The molecular formula is C12H18N2O2. The van der Waals surface area contributed by atoms with Gasteiger partial charge < -0.3 is 15.1 Å². The lowest BCUT2D eigenvalue weighted by Crippen LogP contribution is -2.21. The van der Waals surface area contributed by atoms with Crippen molar-refractivity contribution in [1.82, 2.24) is 4.98 Å². The minimum atomic E-state index is -0.467. The first-order chi connectivity index (χ1) is 7.70. The first-order valence-electron chi connectivity index (χ1n) is 5.70. The highest BCUT2D eigenvalue weighted by Crippen LogP contribution is 2.22. The van der Waals surface area contributed by atoms with Gasteiger partial charge in [0.05, 0.1) is 6.10 Å². The van der Waals surface area contributed by atoms with Crippen LogP contribution in [0.2, 0.25) is 0 Å². The van der Waals surface area contributed by atoms with Gasteiger partial charge in [-0.1, -0.05) is 6.07 Å². The van der Waals surface area contributed by atoms with Gasteiger partial charge in [-0.15, -0.1) is 0 Å². The van der Waals surface area contributed by atoms with Gasteiger partial charge in [-0.25, -0.2) is 4.98 Å². The van der Waals surface area contributed by atoms with Gasteiger partial charge in [0.25, 0.3) is 0 Å². The van der Waals surface area contributed by atoms with Crippen LogP contribution in [-0.2, 0) is 0 Å². The van der Waals surface area contributed by atoms with Crippen molar-refractivity contribution in [3.8, 4) is 0 Å². The zero-order valence-corrected chi connectivity index (χ0v) is 9.50. The fourth-order valence-corrected chi connectivity index (χ4v) is 2.02. The minimum Gasteiger partial charge on any atom is -0.396 e. The van der Waals surface area contributed by atoms with Crippen molar-refractivity contribution in [2.24, 2.45) is 5.92 Å². The number of anilines is 1. The summed E-state index contributed by atoms with van der Waals surface area (Å²) in [7, 11) is 0. The van der Waals surface area contributed by atoms with Crippen LogP contribution in [0.25, 0.3) is 0 Å². The van der Waals surface area contributed by atoms with Gasteiger partial charge in [0, 0.05) is 31.8 Å². The van der Waals surface area contributed by atoms with Crippen LogP contribution in [0.15, 0.2) is 18.3 Å². The molecule has 0 radical (unpaired) electrons. The number of aromatic nitrogens is 1. The van der Waals surface area contributed by atoms with Gasteiger partial charge in [-0.3, -0.25) is 0 Å². The van der Waals surface area contributed by atoms with Crippen molar-refractivity contribution in [2.45, 2.75) is 19.4 Å². The van der Waals surface area contributed by atoms with Crippen molar-refractivity contribution in [1.29, 1.82) is 0 Å². The van der Waals surface area contributed by atoms with Gasteiger partial charge in [-0.2, -0.15) is 0 Å². The Morgan fingerprint density at radius 2 is 2.38 bits per heavy atom. The number of hydrogen-bond acceptors (Lipinski definition) is 4. The monoisotopic (exact) mass is 222 g/mol. The number of aliphatic hydroxyl groups excluding tert-OH is 2. The number of rotatable bonds is 3. The van der Waals surface area contributed by atoms with Crippen LogP contribution < -0.4 is 4.90 Å². The van der Waals surface area contributed by atoms with Crippen molar-refractivity contribution >= 4 is 5.82 Å². The standard InChI is InChI=1S/C12H18N2O2/c1-9(16)11-2-3-12(13-6-11)14-5-4-10(7-14)8-15/h2-3,6,9-10,15-16H,4-5,7-8H2,1H3/t9-,10?/m1/s1. The second kappa shape index (κ2) is 4.80. The Hall–Kier alpha value is -1.13. The molecule has 2 N–H and O–H groups in total. The fourth-order valence-electron chi connectivity index (χ4n) is 2.02. The van der Waals surface area contributed by atoms with E-state index in [0.717, 1.165) is 30.9 Å². The summed E-state index contributed by atoms with van der Waals surface area (Å²) in [5.41, 5.74) is 0.835. The second-order valence-corrected chi connectivity index (χ2v) is 4.41. The molecule has 0 spiro atoms. The van der Waals surface area contributed by atoms with Gasteiger partial charge in [0.1, 0.15) is 5.82 Å². The Kier molecular flexibility index (Phi) is 3.41. The summed E-state index contributed by atoms with van der Waals surface area (Å²) in [5, 5.41) is 18.4. The lowest BCUT2D eigenvalue weighted by atomic mass is 10.1. The van der Waals surface area contributed by atoms with E-state index >= 15 is 0 Å². The van der Waals surface area contributed by atoms with Gasteiger partial charge in [-0.05, 0) is 25.0 Å². The summed E-state index contributed by atoms with van der Waals surface area (Å²) in [6.45, 7) is 3.81. The molecule has 1 saturated heterocycles. The fraction of sp³-hybridized carbons (Fsp3) is 0.583. The predicted molar refractivity (Wildman–Crippen MR) is 62.3 cm³/mol. The van der Waals surface area contributed by atoms with E-state index in [4.69, 9.17) is 5.11 Å². The first-order valence-corrected chi connectivity index (χ1v) is 5.70. The zero-order chi connectivity index (χ0) is 11.5. The number of pyridine rings is 1. The molecule has 1 aromatic rings. The van der Waals surface area contributed by atoms with E-state index in [0.29, 0.717) is 5.92 Å². The third kappa shape index (κ3) is 2.33. The maximum Gasteiger partial charge on any atom is 0.128 e. The Morgan fingerprint density at radius 1 is 1.56 bits per heavy atom. The molecule has 0 saturated carbocycles. The molecule has 4 nitrogen and oxygen atoms in total. The zero-order valence-electron chi connectivity index (χ0n) is 9.50. The normalized spacial score (nSPS) is 22.4. The van der Waals surface area contributed by atoms with Crippen molar-refractivity contribution in [3.05, 3.63) is 23.9 Å². The largest absolute Gasteiger partial charge is 0.396 e. The highest BCUT2D eigenvalue weighted by Gasteiger charge is 2.22. The molecule has 1 fully saturated rings. The smallest absolute Gasteiger partial charge is 0.128 e. The van der Waals surface area contributed by atoms with E-state index in [2.05, 4.69) is 9.88 Å². The third-order valence-electron chi connectivity index (χ3n) is 3.12. The van der Waals surface area contributed by atoms with Crippen LogP contribution in [0.1, 0.15) is 25.0 Å². The molecule has 1 aromatic heterocycles. The summed E-state index contributed by atoms with van der Waals surface area (Å²) in [6.07, 6.45) is 2.27. The average molecular weight is 222 g/mol. The Bertz CT molecular complexity index is 337. The summed E-state index contributed by atoms with van der Waals surface area (Å²) in [6, 6.07) is 3.83. The third-order valence-corrected chi connectivity index (χ3v) is 3.12. The minimum absolute atomic E-state index is 0.252. The molecule has 2 heterocycles. The molecule has 2 rings (SSSR count). The summed E-state index contributed by atoms with van der Waals surface area (Å²) in [5.74, 6) is 1.30. The number of aliphatic hydroxyl groups is 2. The molecule has 2 atom stereocenters. The quantitative estimate of drug-likeness (QED) is 0.799. The number of nitrogens with zero attached hydrogens (tertiary/aromatic N) is 2. The highest BCUT2D eigenvalue weighted by molar-refractivity contribution is 5.40. The van der Waals surface area contributed by atoms with E-state index in [1.807, 2.05) is 12.1 Å². The summed E-state index contributed by atoms with van der Waals surface area (Å²) in [4.78, 5) is 6.51. The lowest BCUT2D eigenvalue weighted by molar-refractivity contribution is 0.199. The molecule has 4 heteroatoms. The van der Waals surface area contributed by atoms with Crippen molar-refractivity contribution < 1.29 is 10.2 Å². The molecule has 0 amide bonds. The molecule has 0 aromatic carbocycles. The van der Waals surface area contributed by atoms with Crippen LogP contribution in [-0.4, -0.2) is 34.9 Å². The predicted octanol–water partition coefficient (Wildman–Crippen LogP) is 0.954. The molecule has 88 valence electrons. The molecule has 0 aliphatic carbocycles. The highest BCUT2D eigenvalue weighted by atomic mass is 16.3. The van der Waals surface area contributed by atoms with Crippen LogP contribution in [0, 0.1) is 5.92 Å². The molecule has 1 aliphatic rings. The van der Waals surface area contributed by atoms with E-state index in [9.17, 15) is 5.11 Å². The van der Waals surface area contributed by atoms with E-state index in [1.165, 1.54) is 0 Å². The lowest BCUT2D eigenvalue weighted by Gasteiger charge is -2.17. The van der Waals surface area contributed by atoms with E-state index in [-0.39, 0.29) is 6.61 Å². The molecule has 1 aliphatic heterocycles. The Morgan fingerprint density at radius 3 is 2.88 bits per heavy atom. The second-order valence-electron chi connectivity index (χ2n) is 4.41. The van der Waals surface area contributed by atoms with Gasteiger partial charge in [0.15, 0.2) is 0 Å². The van der Waals surface area contributed by atoms with Crippen LogP contribution >= 0.6 is 0 Å². The molecule has 0 bridgehead atoms. The summed E-state index contributed by atoms with van der Waals surface area (Å²) >= 11 is 0. The molecule has 16 heavy (non-hydrogen) atoms. The topological polar surface area (TPSA) is 56.6 Å². The van der Waals surface area contributed by atoms with E-state index < -0.39 is 6.10 Å². The first kappa shape index (κ1) is 11.4. The summed E-state index contributed by atoms with van der Waals surface area (Å²) < 4.78 is 0. The van der Waals surface area contributed by atoms with E-state index in [1.54, 1.807) is 13.1 Å².